The van der Waals surface area contributed by atoms with Gasteiger partial charge in [0.2, 0.25) is 10.0 Å². The third kappa shape index (κ3) is 5.59. The Balaban J connectivity index is 2.77. The topological polar surface area (TPSA) is 67.4 Å². The molecule has 0 saturated heterocycles. The lowest BCUT2D eigenvalue weighted by Gasteiger charge is -2.14. The van der Waals surface area contributed by atoms with Crippen LogP contribution in [-0.2, 0) is 14.8 Å². The third-order valence-corrected chi connectivity index (χ3v) is 3.98. The molecule has 108 valence electrons. The maximum atomic E-state index is 11.8. The average Bonchev–Trinajstić information content (AvgIpc) is 2.36. The third-order valence-electron chi connectivity index (χ3n) is 2.73. The Morgan fingerprint density at radius 3 is 2.74 bits per heavy atom. The van der Waals surface area contributed by atoms with Crippen molar-refractivity contribution < 1.29 is 13.2 Å². The zero-order valence-electron chi connectivity index (χ0n) is 11.6. The molecule has 2 N–H and O–H groups in total. The van der Waals surface area contributed by atoms with E-state index < -0.39 is 10.0 Å². The summed E-state index contributed by atoms with van der Waals surface area (Å²) < 4.78 is 30.9. The summed E-state index contributed by atoms with van der Waals surface area (Å²) in [6, 6.07) is 7.59. The molecule has 0 aliphatic rings. The number of nitrogens with one attached hydrogen (secondary N) is 2. The predicted octanol–water partition coefficient (Wildman–Crippen LogP) is 1.75. The summed E-state index contributed by atoms with van der Waals surface area (Å²) in [6.07, 6.45) is 0. The van der Waals surface area contributed by atoms with Gasteiger partial charge in [-0.15, -0.1) is 0 Å². The molecule has 0 aliphatic heterocycles. The number of methoxy groups -OCH3 is 1. The van der Waals surface area contributed by atoms with Crippen LogP contribution in [-0.4, -0.2) is 34.4 Å². The Hall–Kier alpha value is -1.11. The lowest BCUT2D eigenvalue weighted by atomic mass is 10.1. The van der Waals surface area contributed by atoms with Gasteiger partial charge in [0.1, 0.15) is 0 Å². The highest BCUT2D eigenvalue weighted by Gasteiger charge is 2.11. The fraction of sp³-hybridized carbons (Fsp3) is 0.538. The van der Waals surface area contributed by atoms with E-state index in [-0.39, 0.29) is 18.4 Å². The van der Waals surface area contributed by atoms with Crippen molar-refractivity contribution in [2.75, 3.05) is 30.7 Å². The van der Waals surface area contributed by atoms with Crippen LogP contribution >= 0.6 is 0 Å². The highest BCUT2D eigenvalue weighted by molar-refractivity contribution is 7.92. The van der Waals surface area contributed by atoms with Gasteiger partial charge in [0.15, 0.2) is 0 Å². The quantitative estimate of drug-likeness (QED) is 0.764. The average molecular weight is 286 g/mol. The van der Waals surface area contributed by atoms with Crippen LogP contribution in [0.5, 0.6) is 0 Å². The minimum absolute atomic E-state index is 0.0451. The first-order valence-corrected chi connectivity index (χ1v) is 7.96. The molecule has 0 amide bonds. The number of anilines is 1. The lowest BCUT2D eigenvalue weighted by molar-refractivity contribution is 0.217. The summed E-state index contributed by atoms with van der Waals surface area (Å²) in [4.78, 5) is 0. The van der Waals surface area contributed by atoms with Gasteiger partial charge in [0.05, 0.1) is 12.4 Å². The molecule has 0 heterocycles. The van der Waals surface area contributed by atoms with Crippen LogP contribution in [0.25, 0.3) is 0 Å². The molecule has 0 spiro atoms. The van der Waals surface area contributed by atoms with E-state index in [4.69, 9.17) is 4.74 Å². The summed E-state index contributed by atoms with van der Waals surface area (Å²) in [6.45, 7) is 5.13. The first kappa shape index (κ1) is 15.9. The van der Waals surface area contributed by atoms with Gasteiger partial charge in [-0.2, -0.15) is 0 Å². The van der Waals surface area contributed by atoms with Crippen molar-refractivity contribution in [2.24, 2.45) is 0 Å². The second-order valence-corrected chi connectivity index (χ2v) is 6.16. The van der Waals surface area contributed by atoms with E-state index in [1.807, 2.05) is 32.0 Å². The molecule has 0 aromatic heterocycles. The van der Waals surface area contributed by atoms with Gasteiger partial charge < -0.3 is 10.1 Å². The predicted molar refractivity (Wildman–Crippen MR) is 77.8 cm³/mol. The molecular formula is C13H22N2O3S. The van der Waals surface area contributed by atoms with Crippen LogP contribution in [0.2, 0.25) is 0 Å². The van der Waals surface area contributed by atoms with Gasteiger partial charge in [-0.3, -0.25) is 4.72 Å². The Kier molecular flexibility index (Phi) is 6.27. The zero-order valence-corrected chi connectivity index (χ0v) is 12.5. The van der Waals surface area contributed by atoms with E-state index in [1.54, 1.807) is 6.07 Å². The molecule has 1 rings (SSSR count). The van der Waals surface area contributed by atoms with Gasteiger partial charge in [-0.05, 0) is 31.2 Å². The van der Waals surface area contributed by atoms with E-state index in [0.29, 0.717) is 5.69 Å². The molecule has 1 aromatic carbocycles. The fourth-order valence-corrected chi connectivity index (χ4v) is 2.69. The van der Waals surface area contributed by atoms with Crippen molar-refractivity contribution in [1.82, 2.24) is 5.32 Å². The number of hydrogen-bond donors (Lipinski definition) is 2. The van der Waals surface area contributed by atoms with Crippen molar-refractivity contribution in [3.63, 3.8) is 0 Å². The molecule has 0 fully saturated rings. The Morgan fingerprint density at radius 1 is 1.37 bits per heavy atom. The normalized spacial score (nSPS) is 13.2. The van der Waals surface area contributed by atoms with Gasteiger partial charge in [0, 0.05) is 18.8 Å². The first-order valence-electron chi connectivity index (χ1n) is 6.31. The molecule has 0 aliphatic carbocycles. The van der Waals surface area contributed by atoms with Crippen LogP contribution in [0.4, 0.5) is 5.69 Å². The Morgan fingerprint density at radius 2 is 2.11 bits per heavy atom. The zero-order chi connectivity index (χ0) is 14.3. The Bertz CT molecular complexity index is 488. The molecule has 0 radical (unpaired) electrons. The summed E-state index contributed by atoms with van der Waals surface area (Å²) in [5, 5.41) is 3.29. The van der Waals surface area contributed by atoms with E-state index in [9.17, 15) is 8.42 Å². The van der Waals surface area contributed by atoms with Crippen LogP contribution in [0.15, 0.2) is 24.3 Å². The van der Waals surface area contributed by atoms with Gasteiger partial charge in [-0.25, -0.2) is 8.42 Å². The highest BCUT2D eigenvalue weighted by atomic mass is 32.2. The highest BCUT2D eigenvalue weighted by Crippen LogP contribution is 2.18. The van der Waals surface area contributed by atoms with Crippen molar-refractivity contribution in [3.05, 3.63) is 29.8 Å². The first-order chi connectivity index (χ1) is 8.98. The van der Waals surface area contributed by atoms with E-state index >= 15 is 0 Å². The number of ether oxygens (including phenoxy) is 1. The van der Waals surface area contributed by atoms with Crippen LogP contribution in [0.3, 0.4) is 0 Å². The molecule has 0 saturated carbocycles. The minimum atomic E-state index is -3.35. The summed E-state index contributed by atoms with van der Waals surface area (Å²) >= 11 is 0. The molecule has 0 bridgehead atoms. The fourth-order valence-electron chi connectivity index (χ4n) is 1.72. The smallest absolute Gasteiger partial charge is 0.234 e. The molecule has 1 atom stereocenters. The van der Waals surface area contributed by atoms with E-state index in [2.05, 4.69) is 10.0 Å². The van der Waals surface area contributed by atoms with Crippen LogP contribution in [0.1, 0.15) is 25.5 Å². The van der Waals surface area contributed by atoms with Crippen LogP contribution in [0, 0.1) is 0 Å². The second kappa shape index (κ2) is 7.47. The van der Waals surface area contributed by atoms with Gasteiger partial charge in [-0.1, -0.05) is 19.1 Å². The number of rotatable bonds is 8. The van der Waals surface area contributed by atoms with Gasteiger partial charge >= 0.3 is 0 Å². The van der Waals surface area contributed by atoms with E-state index in [1.165, 1.54) is 7.11 Å². The summed E-state index contributed by atoms with van der Waals surface area (Å²) in [7, 11) is -1.87. The maximum Gasteiger partial charge on any atom is 0.234 e. The van der Waals surface area contributed by atoms with Crippen molar-refractivity contribution >= 4 is 15.7 Å². The molecule has 19 heavy (non-hydrogen) atoms. The summed E-state index contributed by atoms with van der Waals surface area (Å²) in [5.74, 6) is -0.0451. The molecule has 6 heteroatoms. The SMILES string of the molecule is CCNC(C)c1cccc(NS(=O)(=O)CCOC)c1. The van der Waals surface area contributed by atoms with Crippen molar-refractivity contribution in [1.29, 1.82) is 0 Å². The van der Waals surface area contributed by atoms with Crippen molar-refractivity contribution in [2.45, 2.75) is 19.9 Å². The number of hydrogen-bond acceptors (Lipinski definition) is 4. The number of benzene rings is 1. The number of sulfonamides is 1. The molecule has 1 unspecified atom stereocenters. The molecule has 5 nitrogen and oxygen atoms in total. The monoisotopic (exact) mass is 286 g/mol. The van der Waals surface area contributed by atoms with Crippen LogP contribution < -0.4 is 10.0 Å². The standard InChI is InChI=1S/C13H22N2O3S/c1-4-14-11(2)12-6-5-7-13(10-12)15-19(16,17)9-8-18-3/h5-7,10-11,14-15H,4,8-9H2,1-3H3. The van der Waals surface area contributed by atoms with Gasteiger partial charge in [0.25, 0.3) is 0 Å². The Labute approximate surface area is 115 Å². The van der Waals surface area contributed by atoms with E-state index in [0.717, 1.165) is 12.1 Å². The maximum absolute atomic E-state index is 11.8. The molecule has 1 aromatic rings. The largest absolute Gasteiger partial charge is 0.384 e. The molecular weight excluding hydrogens is 264 g/mol. The summed E-state index contributed by atoms with van der Waals surface area (Å²) in [5.41, 5.74) is 1.63. The second-order valence-electron chi connectivity index (χ2n) is 4.32. The lowest BCUT2D eigenvalue weighted by Crippen LogP contribution is -2.20. The minimum Gasteiger partial charge on any atom is -0.384 e. The van der Waals surface area contributed by atoms with Crippen molar-refractivity contribution in [3.8, 4) is 0 Å².